The molecule has 1 aliphatic carbocycles. The van der Waals surface area contributed by atoms with Gasteiger partial charge in [-0.1, -0.05) is 19.3 Å². The second-order valence-corrected chi connectivity index (χ2v) is 5.01. The maximum Gasteiger partial charge on any atom is 0.00952 e. The van der Waals surface area contributed by atoms with E-state index in [0.29, 0.717) is 0 Å². The summed E-state index contributed by atoms with van der Waals surface area (Å²) in [4.78, 5) is 2.73. The molecule has 2 nitrogen and oxygen atoms in total. The zero-order valence-corrected chi connectivity index (χ0v) is 11.7. The Bertz CT molecular complexity index is 164. The number of nitrogens with zero attached hydrogens (tertiary/aromatic N) is 1. The van der Waals surface area contributed by atoms with Crippen LogP contribution in [0.2, 0.25) is 0 Å². The number of halogens is 2. The van der Waals surface area contributed by atoms with Gasteiger partial charge in [0, 0.05) is 6.04 Å². The first kappa shape index (κ1) is 16.5. The largest absolute Gasteiger partial charge is 0.330 e. The van der Waals surface area contributed by atoms with Crippen molar-refractivity contribution < 1.29 is 0 Å². The molecule has 1 aliphatic heterocycles. The molecule has 0 radical (unpaired) electrons. The molecular formula is C12H26Cl2N2. The SMILES string of the molecule is Cl.Cl.NCC1CCN(C2CCCCC2)CC1. The molecule has 0 aromatic heterocycles. The van der Waals surface area contributed by atoms with Crippen molar-refractivity contribution in [2.45, 2.75) is 51.0 Å². The maximum absolute atomic E-state index is 5.71. The Labute approximate surface area is 112 Å². The van der Waals surface area contributed by atoms with Gasteiger partial charge < -0.3 is 10.6 Å². The van der Waals surface area contributed by atoms with Crippen molar-refractivity contribution in [1.82, 2.24) is 4.90 Å². The molecule has 1 saturated carbocycles. The minimum Gasteiger partial charge on any atom is -0.330 e. The highest BCUT2D eigenvalue weighted by atomic mass is 35.5. The van der Waals surface area contributed by atoms with Crippen LogP contribution in [0.25, 0.3) is 0 Å². The molecular weight excluding hydrogens is 243 g/mol. The molecule has 2 rings (SSSR count). The predicted octanol–water partition coefficient (Wildman–Crippen LogP) is 2.83. The third kappa shape index (κ3) is 4.40. The molecule has 0 aromatic rings. The Morgan fingerprint density at radius 3 is 1.94 bits per heavy atom. The average Bonchev–Trinajstić information content (AvgIpc) is 2.30. The first-order chi connectivity index (χ1) is 6.90. The Balaban J connectivity index is 0.00000112. The molecule has 0 atom stereocenters. The van der Waals surface area contributed by atoms with Crippen molar-refractivity contribution in [1.29, 1.82) is 0 Å². The van der Waals surface area contributed by atoms with E-state index in [4.69, 9.17) is 5.73 Å². The number of likely N-dealkylation sites (tertiary alicyclic amines) is 1. The van der Waals surface area contributed by atoms with Crippen LogP contribution in [0.15, 0.2) is 0 Å². The maximum atomic E-state index is 5.71. The smallest absolute Gasteiger partial charge is 0.00952 e. The van der Waals surface area contributed by atoms with Crippen molar-refractivity contribution in [2.24, 2.45) is 11.7 Å². The van der Waals surface area contributed by atoms with Crippen LogP contribution in [0.1, 0.15) is 44.9 Å². The minimum absolute atomic E-state index is 0. The summed E-state index contributed by atoms with van der Waals surface area (Å²) in [5.74, 6) is 0.815. The molecule has 1 saturated heterocycles. The predicted molar refractivity (Wildman–Crippen MR) is 74.7 cm³/mol. The van der Waals surface area contributed by atoms with Crippen molar-refractivity contribution in [3.63, 3.8) is 0 Å². The van der Waals surface area contributed by atoms with Gasteiger partial charge in [0.05, 0.1) is 0 Å². The summed E-state index contributed by atoms with van der Waals surface area (Å²) >= 11 is 0. The summed E-state index contributed by atoms with van der Waals surface area (Å²) in [6.45, 7) is 3.53. The summed E-state index contributed by atoms with van der Waals surface area (Å²) in [7, 11) is 0. The van der Waals surface area contributed by atoms with Gasteiger partial charge >= 0.3 is 0 Å². The van der Waals surface area contributed by atoms with Gasteiger partial charge in [0.25, 0.3) is 0 Å². The summed E-state index contributed by atoms with van der Waals surface area (Å²) in [5, 5.41) is 0. The molecule has 0 aromatic carbocycles. The summed E-state index contributed by atoms with van der Waals surface area (Å²) in [6.07, 6.45) is 9.97. The van der Waals surface area contributed by atoms with E-state index in [9.17, 15) is 0 Å². The zero-order valence-electron chi connectivity index (χ0n) is 10.1. The number of rotatable bonds is 2. The first-order valence-electron chi connectivity index (χ1n) is 6.34. The highest BCUT2D eigenvalue weighted by Gasteiger charge is 2.25. The van der Waals surface area contributed by atoms with Gasteiger partial charge in [-0.05, 0) is 51.2 Å². The summed E-state index contributed by atoms with van der Waals surface area (Å²) in [5.41, 5.74) is 5.71. The van der Waals surface area contributed by atoms with E-state index >= 15 is 0 Å². The lowest BCUT2D eigenvalue weighted by Gasteiger charge is -2.39. The van der Waals surface area contributed by atoms with Gasteiger partial charge in [0.2, 0.25) is 0 Å². The van der Waals surface area contributed by atoms with Crippen LogP contribution in [0.5, 0.6) is 0 Å². The van der Waals surface area contributed by atoms with Gasteiger partial charge in [-0.3, -0.25) is 0 Å². The lowest BCUT2D eigenvalue weighted by Crippen LogP contribution is -2.43. The van der Waals surface area contributed by atoms with Crippen molar-refractivity contribution in [2.75, 3.05) is 19.6 Å². The van der Waals surface area contributed by atoms with E-state index in [1.54, 1.807) is 0 Å². The summed E-state index contributed by atoms with van der Waals surface area (Å²) < 4.78 is 0. The Kier molecular flexibility index (Phi) is 8.84. The highest BCUT2D eigenvalue weighted by Crippen LogP contribution is 2.26. The van der Waals surface area contributed by atoms with E-state index in [1.807, 2.05) is 0 Å². The topological polar surface area (TPSA) is 29.3 Å². The molecule has 98 valence electrons. The van der Waals surface area contributed by atoms with Gasteiger partial charge in [-0.25, -0.2) is 0 Å². The monoisotopic (exact) mass is 268 g/mol. The molecule has 16 heavy (non-hydrogen) atoms. The Hall–Kier alpha value is 0.500. The van der Waals surface area contributed by atoms with Crippen LogP contribution in [0.3, 0.4) is 0 Å². The first-order valence-corrected chi connectivity index (χ1v) is 6.34. The molecule has 0 spiro atoms. The molecule has 0 amide bonds. The van der Waals surface area contributed by atoms with Crippen molar-refractivity contribution >= 4 is 24.8 Å². The lowest BCUT2D eigenvalue weighted by atomic mass is 9.90. The summed E-state index contributed by atoms with van der Waals surface area (Å²) in [6, 6.07) is 0.919. The van der Waals surface area contributed by atoms with Gasteiger partial charge in [0.1, 0.15) is 0 Å². The van der Waals surface area contributed by atoms with E-state index in [2.05, 4.69) is 4.90 Å². The number of hydrogen-bond acceptors (Lipinski definition) is 2. The van der Waals surface area contributed by atoms with Crippen molar-refractivity contribution in [3.05, 3.63) is 0 Å². The fourth-order valence-electron chi connectivity index (χ4n) is 3.00. The fraction of sp³-hybridized carbons (Fsp3) is 1.00. The molecule has 2 aliphatic rings. The quantitative estimate of drug-likeness (QED) is 0.835. The van der Waals surface area contributed by atoms with Gasteiger partial charge in [-0.15, -0.1) is 24.8 Å². The normalized spacial score (nSPS) is 24.6. The molecule has 1 heterocycles. The minimum atomic E-state index is 0. The van der Waals surface area contributed by atoms with E-state index < -0.39 is 0 Å². The van der Waals surface area contributed by atoms with Gasteiger partial charge in [0.15, 0.2) is 0 Å². The second-order valence-electron chi connectivity index (χ2n) is 5.01. The van der Waals surface area contributed by atoms with Crippen LogP contribution < -0.4 is 5.73 Å². The van der Waals surface area contributed by atoms with Crippen LogP contribution in [0, 0.1) is 5.92 Å². The van der Waals surface area contributed by atoms with E-state index in [0.717, 1.165) is 18.5 Å². The number of hydrogen-bond donors (Lipinski definition) is 1. The Morgan fingerprint density at radius 2 is 1.44 bits per heavy atom. The molecule has 2 N–H and O–H groups in total. The molecule has 4 heteroatoms. The highest BCUT2D eigenvalue weighted by molar-refractivity contribution is 5.85. The zero-order chi connectivity index (χ0) is 9.80. The standard InChI is InChI=1S/C12H24N2.2ClH/c13-10-11-6-8-14(9-7-11)12-4-2-1-3-5-12;;/h11-12H,1-10,13H2;2*1H. The second kappa shape index (κ2) is 8.57. The van der Waals surface area contributed by atoms with Crippen LogP contribution >= 0.6 is 24.8 Å². The molecule has 2 fully saturated rings. The van der Waals surface area contributed by atoms with Gasteiger partial charge in [-0.2, -0.15) is 0 Å². The number of piperidine rings is 1. The third-order valence-corrected chi connectivity index (χ3v) is 4.07. The van der Waals surface area contributed by atoms with Crippen LogP contribution in [0.4, 0.5) is 0 Å². The van der Waals surface area contributed by atoms with E-state index in [1.165, 1.54) is 58.0 Å². The molecule has 0 bridgehead atoms. The van der Waals surface area contributed by atoms with E-state index in [-0.39, 0.29) is 24.8 Å². The van der Waals surface area contributed by atoms with Crippen molar-refractivity contribution in [3.8, 4) is 0 Å². The fourth-order valence-corrected chi connectivity index (χ4v) is 3.00. The molecule has 0 unspecified atom stereocenters. The Morgan fingerprint density at radius 1 is 0.875 bits per heavy atom. The average molecular weight is 269 g/mol. The lowest BCUT2D eigenvalue weighted by molar-refractivity contribution is 0.109. The van der Waals surface area contributed by atoms with Crippen LogP contribution in [-0.2, 0) is 0 Å². The third-order valence-electron chi connectivity index (χ3n) is 4.07. The number of nitrogens with two attached hydrogens (primary N) is 1. The van der Waals surface area contributed by atoms with Crippen LogP contribution in [-0.4, -0.2) is 30.6 Å².